The van der Waals surface area contributed by atoms with Gasteiger partial charge in [-0.1, -0.05) is 37.1 Å². The molecule has 0 radical (unpaired) electrons. The van der Waals surface area contributed by atoms with Crippen molar-refractivity contribution in [3.8, 4) is 0 Å². The Bertz CT molecular complexity index is 496. The second-order valence-electron chi connectivity index (χ2n) is 6.82. The van der Waals surface area contributed by atoms with Crippen molar-refractivity contribution >= 4 is 12.3 Å². The van der Waals surface area contributed by atoms with Gasteiger partial charge in [0, 0.05) is 5.56 Å². The van der Waals surface area contributed by atoms with Crippen LogP contribution >= 0.6 is 0 Å². The summed E-state index contributed by atoms with van der Waals surface area (Å²) in [4.78, 5) is 23.2. The molecular formula is C18H24O3. The SMILES string of the molecule is CC(C)(C)OC(=O)C1CCCC[C@@H]1c1ccc(C=O)cc1. The van der Waals surface area contributed by atoms with Gasteiger partial charge in [-0.15, -0.1) is 0 Å². The fraction of sp³-hybridized carbons (Fsp3) is 0.556. The predicted molar refractivity (Wildman–Crippen MR) is 82.4 cm³/mol. The molecule has 1 saturated carbocycles. The van der Waals surface area contributed by atoms with E-state index in [0.29, 0.717) is 5.56 Å². The summed E-state index contributed by atoms with van der Waals surface area (Å²) in [5.41, 5.74) is 1.36. The topological polar surface area (TPSA) is 43.4 Å². The Morgan fingerprint density at radius 3 is 2.33 bits per heavy atom. The minimum absolute atomic E-state index is 0.0694. The lowest BCUT2D eigenvalue weighted by Crippen LogP contribution is -2.33. The molecule has 1 aromatic rings. The van der Waals surface area contributed by atoms with E-state index in [1.54, 1.807) is 0 Å². The average Bonchev–Trinajstić information content (AvgIpc) is 2.45. The van der Waals surface area contributed by atoms with Crippen LogP contribution in [0.25, 0.3) is 0 Å². The van der Waals surface area contributed by atoms with Crippen LogP contribution < -0.4 is 0 Å². The van der Waals surface area contributed by atoms with Crippen molar-refractivity contribution < 1.29 is 14.3 Å². The number of esters is 1. The molecular weight excluding hydrogens is 264 g/mol. The van der Waals surface area contributed by atoms with Crippen LogP contribution in [0.5, 0.6) is 0 Å². The molecule has 0 aromatic heterocycles. The highest BCUT2D eigenvalue weighted by atomic mass is 16.6. The summed E-state index contributed by atoms with van der Waals surface area (Å²) < 4.78 is 5.58. The van der Waals surface area contributed by atoms with Crippen LogP contribution in [0, 0.1) is 5.92 Å². The van der Waals surface area contributed by atoms with E-state index in [1.165, 1.54) is 0 Å². The zero-order chi connectivity index (χ0) is 15.5. The van der Waals surface area contributed by atoms with Crippen molar-refractivity contribution in [1.29, 1.82) is 0 Å². The molecule has 0 saturated heterocycles. The van der Waals surface area contributed by atoms with E-state index >= 15 is 0 Å². The number of hydrogen-bond acceptors (Lipinski definition) is 3. The van der Waals surface area contributed by atoms with Crippen LogP contribution in [0.2, 0.25) is 0 Å². The van der Waals surface area contributed by atoms with E-state index in [9.17, 15) is 9.59 Å². The van der Waals surface area contributed by atoms with E-state index < -0.39 is 5.60 Å². The molecule has 1 aliphatic rings. The van der Waals surface area contributed by atoms with E-state index in [0.717, 1.165) is 37.5 Å². The number of carbonyl (C=O) groups excluding carboxylic acids is 2. The molecule has 1 fully saturated rings. The molecule has 0 bridgehead atoms. The maximum absolute atomic E-state index is 12.4. The predicted octanol–water partition coefficient (Wildman–Crippen LogP) is 4.11. The first-order chi connectivity index (χ1) is 9.90. The summed E-state index contributed by atoms with van der Waals surface area (Å²) in [5, 5.41) is 0. The van der Waals surface area contributed by atoms with Crippen LogP contribution in [-0.2, 0) is 9.53 Å². The molecule has 0 N–H and O–H groups in total. The summed E-state index contributed by atoms with van der Waals surface area (Å²) in [6.45, 7) is 5.71. The van der Waals surface area contributed by atoms with Crippen molar-refractivity contribution in [1.82, 2.24) is 0 Å². The molecule has 1 aromatic carbocycles. The van der Waals surface area contributed by atoms with Gasteiger partial charge in [0.1, 0.15) is 11.9 Å². The van der Waals surface area contributed by atoms with Gasteiger partial charge in [0.05, 0.1) is 5.92 Å². The quantitative estimate of drug-likeness (QED) is 0.621. The molecule has 3 nitrogen and oxygen atoms in total. The highest BCUT2D eigenvalue weighted by Gasteiger charge is 2.34. The van der Waals surface area contributed by atoms with Crippen LogP contribution in [0.3, 0.4) is 0 Å². The number of aldehydes is 1. The van der Waals surface area contributed by atoms with Crippen molar-refractivity contribution in [3.63, 3.8) is 0 Å². The molecule has 0 spiro atoms. The molecule has 0 amide bonds. The first kappa shape index (κ1) is 15.7. The zero-order valence-corrected chi connectivity index (χ0v) is 13.1. The average molecular weight is 288 g/mol. The summed E-state index contributed by atoms with van der Waals surface area (Å²) in [7, 11) is 0. The van der Waals surface area contributed by atoms with Crippen LogP contribution in [-0.4, -0.2) is 17.9 Å². The zero-order valence-electron chi connectivity index (χ0n) is 13.1. The minimum Gasteiger partial charge on any atom is -0.460 e. The number of benzene rings is 1. The highest BCUT2D eigenvalue weighted by molar-refractivity contribution is 5.76. The molecule has 21 heavy (non-hydrogen) atoms. The molecule has 0 aliphatic heterocycles. The Hall–Kier alpha value is -1.64. The third-order valence-electron chi connectivity index (χ3n) is 3.98. The number of carbonyl (C=O) groups is 2. The third kappa shape index (κ3) is 4.16. The lowest BCUT2D eigenvalue weighted by atomic mass is 9.75. The third-order valence-corrected chi connectivity index (χ3v) is 3.98. The Kier molecular flexibility index (Phi) is 4.81. The molecule has 1 unspecified atom stereocenters. The van der Waals surface area contributed by atoms with Gasteiger partial charge in [-0.3, -0.25) is 9.59 Å². The summed E-state index contributed by atoms with van der Waals surface area (Å²) in [6.07, 6.45) is 4.95. The molecule has 1 aliphatic carbocycles. The molecule has 2 atom stereocenters. The van der Waals surface area contributed by atoms with Gasteiger partial charge < -0.3 is 4.74 Å². The molecule has 3 heteroatoms. The number of ether oxygens (including phenoxy) is 1. The Morgan fingerprint density at radius 1 is 1.14 bits per heavy atom. The highest BCUT2D eigenvalue weighted by Crippen LogP contribution is 2.39. The van der Waals surface area contributed by atoms with Gasteiger partial charge in [-0.2, -0.15) is 0 Å². The number of hydrogen-bond donors (Lipinski definition) is 0. The lowest BCUT2D eigenvalue weighted by Gasteiger charge is -2.32. The van der Waals surface area contributed by atoms with Crippen LogP contribution in [0.15, 0.2) is 24.3 Å². The lowest BCUT2D eigenvalue weighted by molar-refractivity contribution is -0.161. The fourth-order valence-corrected chi connectivity index (χ4v) is 3.01. The van der Waals surface area contributed by atoms with Gasteiger partial charge >= 0.3 is 5.97 Å². The summed E-state index contributed by atoms with van der Waals surface area (Å²) in [6, 6.07) is 7.58. The Morgan fingerprint density at radius 2 is 1.76 bits per heavy atom. The van der Waals surface area contributed by atoms with Crippen molar-refractivity contribution in [2.45, 2.75) is 58.0 Å². The monoisotopic (exact) mass is 288 g/mol. The maximum atomic E-state index is 12.4. The molecule has 2 rings (SSSR count). The molecule has 0 heterocycles. The first-order valence-corrected chi connectivity index (χ1v) is 7.69. The summed E-state index contributed by atoms with van der Waals surface area (Å²) >= 11 is 0. The van der Waals surface area contributed by atoms with E-state index in [1.807, 2.05) is 45.0 Å². The second-order valence-corrected chi connectivity index (χ2v) is 6.82. The fourth-order valence-electron chi connectivity index (χ4n) is 3.01. The summed E-state index contributed by atoms with van der Waals surface area (Å²) in [5.74, 6) is 0.0426. The van der Waals surface area contributed by atoms with Gasteiger partial charge in [-0.05, 0) is 45.1 Å². The smallest absolute Gasteiger partial charge is 0.310 e. The van der Waals surface area contributed by atoms with Gasteiger partial charge in [0.25, 0.3) is 0 Å². The first-order valence-electron chi connectivity index (χ1n) is 7.69. The van der Waals surface area contributed by atoms with Gasteiger partial charge in [0.2, 0.25) is 0 Å². The largest absolute Gasteiger partial charge is 0.460 e. The van der Waals surface area contributed by atoms with Crippen molar-refractivity contribution in [3.05, 3.63) is 35.4 Å². The molecule has 114 valence electrons. The van der Waals surface area contributed by atoms with Crippen molar-refractivity contribution in [2.24, 2.45) is 5.92 Å². The second kappa shape index (κ2) is 6.42. The van der Waals surface area contributed by atoms with E-state index in [4.69, 9.17) is 4.74 Å². The van der Waals surface area contributed by atoms with Gasteiger partial charge in [0.15, 0.2) is 0 Å². The van der Waals surface area contributed by atoms with Crippen molar-refractivity contribution in [2.75, 3.05) is 0 Å². The number of rotatable bonds is 3. The van der Waals surface area contributed by atoms with Crippen LogP contribution in [0.1, 0.15) is 68.3 Å². The van der Waals surface area contributed by atoms with Crippen LogP contribution in [0.4, 0.5) is 0 Å². The van der Waals surface area contributed by atoms with Gasteiger partial charge in [-0.25, -0.2) is 0 Å². The van der Waals surface area contributed by atoms with E-state index in [2.05, 4.69) is 0 Å². The standard InChI is InChI=1S/C18H24O3/c1-18(2,3)21-17(20)16-7-5-4-6-15(16)14-10-8-13(12-19)9-11-14/h8-12,15-16H,4-7H2,1-3H3/t15-,16?/m1/s1. The Labute approximate surface area is 126 Å². The maximum Gasteiger partial charge on any atom is 0.310 e. The Balaban J connectivity index is 2.18. The minimum atomic E-state index is -0.444. The van der Waals surface area contributed by atoms with E-state index in [-0.39, 0.29) is 17.8 Å². The normalized spacial score (nSPS) is 22.6.